The molecule has 1 fully saturated rings. The number of hydrogen-bond acceptors (Lipinski definition) is 5. The lowest BCUT2D eigenvalue weighted by atomic mass is 10.1. The van der Waals surface area contributed by atoms with Crippen LogP contribution in [0.15, 0.2) is 36.4 Å². The fourth-order valence-corrected chi connectivity index (χ4v) is 2.76. The van der Waals surface area contributed by atoms with Crippen LogP contribution in [0.5, 0.6) is 5.88 Å². The van der Waals surface area contributed by atoms with Gasteiger partial charge in [0.15, 0.2) is 5.82 Å². The van der Waals surface area contributed by atoms with Gasteiger partial charge in [-0.1, -0.05) is 12.1 Å². The lowest BCUT2D eigenvalue weighted by molar-refractivity contribution is 0.102. The summed E-state index contributed by atoms with van der Waals surface area (Å²) in [5.74, 6) is 0.714. The average Bonchev–Trinajstić information content (AvgIpc) is 2.64. The molecular weight excluding hydrogens is 337 g/mol. The molecule has 0 bridgehead atoms. The van der Waals surface area contributed by atoms with E-state index in [4.69, 9.17) is 4.74 Å². The smallest absolute Gasteiger partial charge is 0.322 e. The lowest BCUT2D eigenvalue weighted by Gasteiger charge is -2.32. The first-order valence-corrected chi connectivity index (χ1v) is 8.51. The Kier molecular flexibility index (Phi) is 5.50. The second-order valence-electron chi connectivity index (χ2n) is 6.36. The highest BCUT2D eigenvalue weighted by Crippen LogP contribution is 2.19. The molecule has 1 N–H and O–H groups in total. The summed E-state index contributed by atoms with van der Waals surface area (Å²) in [6, 6.07) is 9.36. The number of para-hydroxylation sites is 1. The topological polar surface area (TPSA) is 70.6 Å². The molecule has 1 aliphatic heterocycles. The first-order valence-electron chi connectivity index (χ1n) is 8.51. The number of likely N-dealkylation sites (tertiary alicyclic amines) is 1. The molecule has 1 aromatic heterocycles. The third-order valence-corrected chi connectivity index (χ3v) is 4.15. The van der Waals surface area contributed by atoms with Crippen molar-refractivity contribution in [1.29, 1.82) is 0 Å². The summed E-state index contributed by atoms with van der Waals surface area (Å²) < 4.78 is 19.6. The Morgan fingerprint density at radius 1 is 1.27 bits per heavy atom. The van der Waals surface area contributed by atoms with E-state index in [0.29, 0.717) is 19.0 Å². The summed E-state index contributed by atoms with van der Waals surface area (Å²) in [6.45, 7) is 1.02. The zero-order valence-electron chi connectivity index (χ0n) is 14.9. The molecule has 1 atom stereocenters. The van der Waals surface area contributed by atoms with E-state index in [1.807, 2.05) is 25.1 Å². The van der Waals surface area contributed by atoms with Gasteiger partial charge in [0.1, 0.15) is 11.9 Å². The highest BCUT2D eigenvalue weighted by Gasteiger charge is 2.25. The van der Waals surface area contributed by atoms with Gasteiger partial charge in [0.25, 0.3) is 0 Å². The van der Waals surface area contributed by atoms with E-state index in [-0.39, 0.29) is 17.8 Å². The minimum absolute atomic E-state index is 0.172. The molecular formula is C18H22FN5O2. The number of amides is 2. The zero-order chi connectivity index (χ0) is 18.5. The molecule has 1 unspecified atom stereocenters. The predicted molar refractivity (Wildman–Crippen MR) is 97.0 cm³/mol. The quantitative estimate of drug-likeness (QED) is 0.909. The number of nitrogens with one attached hydrogen (secondary N) is 1. The van der Waals surface area contributed by atoms with Crippen molar-refractivity contribution in [3.8, 4) is 5.88 Å². The average molecular weight is 359 g/mol. The third kappa shape index (κ3) is 4.38. The number of anilines is 2. The number of ether oxygens (including phenoxy) is 1. The van der Waals surface area contributed by atoms with Crippen LogP contribution in [0.1, 0.15) is 12.8 Å². The van der Waals surface area contributed by atoms with Gasteiger partial charge in [0.2, 0.25) is 5.88 Å². The van der Waals surface area contributed by atoms with Crippen molar-refractivity contribution in [3.05, 3.63) is 42.2 Å². The number of halogens is 1. The monoisotopic (exact) mass is 359 g/mol. The van der Waals surface area contributed by atoms with Gasteiger partial charge in [-0.3, -0.25) is 0 Å². The molecule has 1 saturated heterocycles. The number of benzene rings is 1. The van der Waals surface area contributed by atoms with Crippen molar-refractivity contribution in [2.45, 2.75) is 18.9 Å². The van der Waals surface area contributed by atoms with Crippen LogP contribution in [0.4, 0.5) is 20.7 Å². The SMILES string of the molecule is CN(C)c1ccc(OC2CCCN(C(=O)Nc3ccccc3F)C2)nn1. The van der Waals surface area contributed by atoms with Gasteiger partial charge in [-0.15, -0.1) is 10.2 Å². The molecule has 1 aromatic carbocycles. The van der Waals surface area contributed by atoms with Gasteiger partial charge in [-0.25, -0.2) is 9.18 Å². The minimum atomic E-state index is -0.457. The minimum Gasteiger partial charge on any atom is -0.471 e. The molecule has 0 radical (unpaired) electrons. The molecule has 3 rings (SSSR count). The standard InChI is InChI=1S/C18H22FN5O2/c1-23(2)16-9-10-17(22-21-16)26-13-6-5-11-24(12-13)18(25)20-15-8-4-3-7-14(15)19/h3-4,7-10,13H,5-6,11-12H2,1-2H3,(H,20,25). The molecule has 26 heavy (non-hydrogen) atoms. The van der Waals surface area contributed by atoms with Gasteiger partial charge in [0.05, 0.1) is 12.2 Å². The van der Waals surface area contributed by atoms with E-state index in [0.717, 1.165) is 18.7 Å². The number of aromatic nitrogens is 2. The van der Waals surface area contributed by atoms with E-state index in [9.17, 15) is 9.18 Å². The zero-order valence-corrected chi connectivity index (χ0v) is 14.9. The van der Waals surface area contributed by atoms with Gasteiger partial charge in [0, 0.05) is 26.7 Å². The Labute approximate surface area is 151 Å². The number of urea groups is 1. The Balaban J connectivity index is 1.58. The van der Waals surface area contributed by atoms with E-state index < -0.39 is 5.82 Å². The van der Waals surface area contributed by atoms with Crippen molar-refractivity contribution in [2.24, 2.45) is 0 Å². The molecule has 138 valence electrons. The Hall–Kier alpha value is -2.90. The third-order valence-electron chi connectivity index (χ3n) is 4.15. The molecule has 0 spiro atoms. The van der Waals surface area contributed by atoms with E-state index in [2.05, 4.69) is 15.5 Å². The van der Waals surface area contributed by atoms with Gasteiger partial charge in [-0.2, -0.15) is 0 Å². The van der Waals surface area contributed by atoms with Gasteiger partial charge >= 0.3 is 6.03 Å². The summed E-state index contributed by atoms with van der Waals surface area (Å²) >= 11 is 0. The van der Waals surface area contributed by atoms with Crippen molar-refractivity contribution in [3.63, 3.8) is 0 Å². The van der Waals surface area contributed by atoms with Crippen LogP contribution in [0.25, 0.3) is 0 Å². The summed E-state index contributed by atoms with van der Waals surface area (Å²) in [6.07, 6.45) is 1.45. The van der Waals surface area contributed by atoms with Crippen LogP contribution in [-0.4, -0.2) is 54.4 Å². The van der Waals surface area contributed by atoms with Crippen molar-refractivity contribution in [1.82, 2.24) is 15.1 Å². The summed E-state index contributed by atoms with van der Waals surface area (Å²) in [5.41, 5.74) is 0.172. The van der Waals surface area contributed by atoms with Crippen LogP contribution < -0.4 is 15.0 Å². The predicted octanol–water partition coefficient (Wildman–Crippen LogP) is 2.76. The molecule has 0 aliphatic carbocycles. The molecule has 0 saturated carbocycles. The number of piperidine rings is 1. The van der Waals surface area contributed by atoms with E-state index >= 15 is 0 Å². The van der Waals surface area contributed by atoms with Crippen LogP contribution in [0.2, 0.25) is 0 Å². The Morgan fingerprint density at radius 3 is 2.77 bits per heavy atom. The number of carbonyl (C=O) groups is 1. The fraction of sp³-hybridized carbons (Fsp3) is 0.389. The fourth-order valence-electron chi connectivity index (χ4n) is 2.76. The maximum atomic E-state index is 13.7. The Morgan fingerprint density at radius 2 is 2.08 bits per heavy atom. The highest BCUT2D eigenvalue weighted by atomic mass is 19.1. The van der Waals surface area contributed by atoms with Crippen LogP contribution in [0.3, 0.4) is 0 Å². The van der Waals surface area contributed by atoms with Crippen molar-refractivity contribution in [2.75, 3.05) is 37.4 Å². The summed E-state index contributed by atoms with van der Waals surface area (Å²) in [5, 5.41) is 10.7. The molecule has 2 aromatic rings. The number of rotatable bonds is 4. The first kappa shape index (κ1) is 17.9. The van der Waals surface area contributed by atoms with Crippen LogP contribution in [-0.2, 0) is 0 Å². The number of hydrogen-bond donors (Lipinski definition) is 1. The Bertz CT molecular complexity index is 754. The second-order valence-corrected chi connectivity index (χ2v) is 6.36. The lowest BCUT2D eigenvalue weighted by Crippen LogP contribution is -2.46. The van der Waals surface area contributed by atoms with Crippen LogP contribution >= 0.6 is 0 Å². The molecule has 2 amide bonds. The summed E-state index contributed by atoms with van der Waals surface area (Å²) in [4.78, 5) is 15.9. The summed E-state index contributed by atoms with van der Waals surface area (Å²) in [7, 11) is 3.77. The van der Waals surface area contributed by atoms with Crippen molar-refractivity contribution >= 4 is 17.5 Å². The largest absolute Gasteiger partial charge is 0.471 e. The normalized spacial score (nSPS) is 16.9. The maximum absolute atomic E-state index is 13.7. The molecule has 8 heteroatoms. The molecule has 1 aliphatic rings. The molecule has 2 heterocycles. The first-order chi connectivity index (χ1) is 12.5. The van der Waals surface area contributed by atoms with Gasteiger partial charge < -0.3 is 19.9 Å². The van der Waals surface area contributed by atoms with Crippen LogP contribution in [0, 0.1) is 5.82 Å². The second kappa shape index (κ2) is 7.99. The number of carbonyl (C=O) groups excluding carboxylic acids is 1. The molecule has 7 nitrogen and oxygen atoms in total. The van der Waals surface area contributed by atoms with Crippen molar-refractivity contribution < 1.29 is 13.9 Å². The van der Waals surface area contributed by atoms with E-state index in [1.54, 1.807) is 23.1 Å². The maximum Gasteiger partial charge on any atom is 0.322 e. The highest BCUT2D eigenvalue weighted by molar-refractivity contribution is 5.89. The van der Waals surface area contributed by atoms with E-state index in [1.165, 1.54) is 12.1 Å². The number of nitrogens with zero attached hydrogens (tertiary/aromatic N) is 4. The van der Waals surface area contributed by atoms with Gasteiger partial charge in [-0.05, 0) is 31.0 Å².